The van der Waals surface area contributed by atoms with Gasteiger partial charge in [-0.1, -0.05) is 17.7 Å². The van der Waals surface area contributed by atoms with Crippen LogP contribution in [-0.2, 0) is 10.0 Å². The Hall–Kier alpha value is -2.97. The molecule has 1 fully saturated rings. The second-order valence-electron chi connectivity index (χ2n) is 7.90. The van der Waals surface area contributed by atoms with E-state index in [0.29, 0.717) is 36.4 Å². The van der Waals surface area contributed by atoms with Gasteiger partial charge >= 0.3 is 0 Å². The van der Waals surface area contributed by atoms with Crippen LogP contribution in [0.1, 0.15) is 34.5 Å². The number of carbonyl (C=O) groups excluding carboxylic acids is 1. The Morgan fingerprint density at radius 3 is 2.19 bits per heavy atom. The molecule has 2 aromatic carbocycles. The average molecular weight is 439 g/mol. The second-order valence-corrected chi connectivity index (χ2v) is 9.83. The van der Waals surface area contributed by atoms with Crippen molar-refractivity contribution in [1.29, 1.82) is 0 Å². The smallest absolute Gasteiger partial charge is 0.251 e. The molecule has 0 radical (unpaired) electrons. The summed E-state index contributed by atoms with van der Waals surface area (Å²) in [4.78, 5) is 13.0. The molecule has 1 amide bonds. The summed E-state index contributed by atoms with van der Waals surface area (Å²) in [7, 11) is -3.50. The highest BCUT2D eigenvalue weighted by atomic mass is 32.2. The number of nitrogens with zero attached hydrogens (tertiary/aromatic N) is 3. The highest BCUT2D eigenvalue weighted by molar-refractivity contribution is 7.89. The molecule has 2 heterocycles. The number of hydrogen-bond donors (Lipinski definition) is 1. The molecule has 7 nitrogen and oxygen atoms in total. The average Bonchev–Trinajstić information content (AvgIpc) is 3.20. The summed E-state index contributed by atoms with van der Waals surface area (Å²) in [6.45, 7) is 4.67. The number of carbonyl (C=O) groups is 1. The van der Waals surface area contributed by atoms with Crippen LogP contribution in [0.5, 0.6) is 0 Å². The van der Waals surface area contributed by atoms with E-state index in [1.807, 2.05) is 36.7 Å². The van der Waals surface area contributed by atoms with E-state index in [2.05, 4.69) is 10.4 Å². The first kappa shape index (κ1) is 21.3. The van der Waals surface area contributed by atoms with Gasteiger partial charge in [-0.2, -0.15) is 9.40 Å². The lowest BCUT2D eigenvalue weighted by molar-refractivity contribution is 0.0924. The minimum atomic E-state index is -3.50. The lowest BCUT2D eigenvalue weighted by atomic mass is 10.1. The van der Waals surface area contributed by atoms with E-state index in [0.717, 1.165) is 16.9 Å². The Bertz CT molecular complexity index is 1160. The molecular formula is C23H26N4O3S. The van der Waals surface area contributed by atoms with Gasteiger partial charge in [-0.05, 0) is 69.2 Å². The van der Waals surface area contributed by atoms with Crippen molar-refractivity contribution in [3.8, 4) is 5.69 Å². The minimum absolute atomic E-state index is 0.0509. The molecule has 0 aliphatic carbocycles. The zero-order valence-electron chi connectivity index (χ0n) is 17.7. The number of piperidine rings is 1. The normalized spacial score (nSPS) is 15.7. The van der Waals surface area contributed by atoms with Crippen molar-refractivity contribution in [3.05, 3.63) is 77.6 Å². The summed E-state index contributed by atoms with van der Waals surface area (Å²) in [5.41, 5.74) is 3.51. The summed E-state index contributed by atoms with van der Waals surface area (Å²) in [5, 5.41) is 7.31. The third-order valence-corrected chi connectivity index (χ3v) is 7.57. The maximum absolute atomic E-state index is 12.8. The highest BCUT2D eigenvalue weighted by Crippen LogP contribution is 2.21. The molecule has 162 valence electrons. The first-order chi connectivity index (χ1) is 14.8. The molecule has 1 aliphatic heterocycles. The van der Waals surface area contributed by atoms with Crippen LogP contribution < -0.4 is 5.32 Å². The first-order valence-corrected chi connectivity index (χ1v) is 11.8. The number of aryl methyl sites for hydroxylation is 2. The minimum Gasteiger partial charge on any atom is -0.349 e. The van der Waals surface area contributed by atoms with E-state index >= 15 is 0 Å². The summed E-state index contributed by atoms with van der Waals surface area (Å²) in [6.07, 6.45) is 2.91. The number of rotatable bonds is 5. The fraction of sp³-hybridized carbons (Fsp3) is 0.304. The van der Waals surface area contributed by atoms with E-state index < -0.39 is 10.0 Å². The van der Waals surface area contributed by atoms with Crippen LogP contribution in [0.15, 0.2) is 65.7 Å². The molecule has 1 aliphatic rings. The Labute approximate surface area is 182 Å². The van der Waals surface area contributed by atoms with Crippen LogP contribution in [0.25, 0.3) is 5.69 Å². The predicted octanol–water partition coefficient (Wildman–Crippen LogP) is 3.07. The lowest BCUT2D eigenvalue weighted by Gasteiger charge is -2.31. The molecule has 8 heteroatoms. The Morgan fingerprint density at radius 2 is 1.61 bits per heavy atom. The first-order valence-electron chi connectivity index (χ1n) is 10.3. The van der Waals surface area contributed by atoms with Crippen molar-refractivity contribution in [2.45, 2.75) is 37.6 Å². The highest BCUT2D eigenvalue weighted by Gasteiger charge is 2.30. The van der Waals surface area contributed by atoms with Crippen molar-refractivity contribution in [2.75, 3.05) is 13.1 Å². The number of sulfonamides is 1. The molecular weight excluding hydrogens is 412 g/mol. The molecule has 31 heavy (non-hydrogen) atoms. The molecule has 3 aromatic rings. The van der Waals surface area contributed by atoms with Crippen LogP contribution in [0.4, 0.5) is 0 Å². The van der Waals surface area contributed by atoms with Crippen molar-refractivity contribution in [3.63, 3.8) is 0 Å². The molecule has 1 aromatic heterocycles. The van der Waals surface area contributed by atoms with E-state index in [-0.39, 0.29) is 11.9 Å². The Balaban J connectivity index is 1.35. The van der Waals surface area contributed by atoms with Crippen molar-refractivity contribution >= 4 is 15.9 Å². The molecule has 1 N–H and O–H groups in total. The van der Waals surface area contributed by atoms with Gasteiger partial charge < -0.3 is 5.32 Å². The maximum atomic E-state index is 12.8. The molecule has 0 bridgehead atoms. The third-order valence-electron chi connectivity index (χ3n) is 5.65. The quantitative estimate of drug-likeness (QED) is 0.664. The van der Waals surface area contributed by atoms with Crippen LogP contribution in [-0.4, -0.2) is 47.5 Å². The monoisotopic (exact) mass is 438 g/mol. The zero-order chi connectivity index (χ0) is 22.0. The van der Waals surface area contributed by atoms with Crippen molar-refractivity contribution in [1.82, 2.24) is 19.4 Å². The fourth-order valence-corrected chi connectivity index (χ4v) is 5.23. The van der Waals surface area contributed by atoms with Crippen molar-refractivity contribution in [2.24, 2.45) is 0 Å². The number of amides is 1. The van der Waals surface area contributed by atoms with E-state index in [1.54, 1.807) is 42.6 Å². The van der Waals surface area contributed by atoms with Gasteiger partial charge in [-0.3, -0.25) is 4.79 Å². The third kappa shape index (κ3) is 4.55. The van der Waals surface area contributed by atoms with E-state index in [9.17, 15) is 13.2 Å². The Morgan fingerprint density at radius 1 is 0.968 bits per heavy atom. The van der Waals surface area contributed by atoms with Gasteiger partial charge in [0.2, 0.25) is 10.0 Å². The fourth-order valence-electron chi connectivity index (χ4n) is 3.76. The van der Waals surface area contributed by atoms with E-state index in [4.69, 9.17) is 0 Å². The molecule has 0 saturated carbocycles. The summed E-state index contributed by atoms with van der Waals surface area (Å²) >= 11 is 0. The number of hydrogen-bond acceptors (Lipinski definition) is 4. The number of benzene rings is 2. The molecule has 0 unspecified atom stereocenters. The van der Waals surface area contributed by atoms with Gasteiger partial charge in [0.25, 0.3) is 5.91 Å². The molecule has 0 spiro atoms. The molecule has 4 rings (SSSR count). The zero-order valence-corrected chi connectivity index (χ0v) is 18.5. The topological polar surface area (TPSA) is 84.3 Å². The van der Waals surface area contributed by atoms with Crippen molar-refractivity contribution < 1.29 is 13.2 Å². The standard InChI is InChI=1S/C23H26N4O3S/c1-17-3-9-22(10-4-17)31(29,30)26-15-12-20(13-16-26)25-23(28)19-5-7-21(8-6-19)27-18(2)11-14-24-27/h3-11,14,20H,12-13,15-16H2,1-2H3,(H,25,28). The second kappa shape index (κ2) is 8.64. The number of aromatic nitrogens is 2. The summed E-state index contributed by atoms with van der Waals surface area (Å²) in [6, 6.07) is 16.1. The van der Waals surface area contributed by atoms with Crippen LogP contribution in [0.3, 0.4) is 0 Å². The lowest BCUT2D eigenvalue weighted by Crippen LogP contribution is -2.46. The van der Waals surface area contributed by atoms with Gasteiger partial charge in [0.15, 0.2) is 0 Å². The molecule has 1 saturated heterocycles. The van der Waals surface area contributed by atoms with Gasteiger partial charge in [0.05, 0.1) is 10.6 Å². The SMILES string of the molecule is Cc1ccc(S(=O)(=O)N2CCC(NC(=O)c3ccc(-n4nccc4C)cc3)CC2)cc1. The van der Waals surface area contributed by atoms with Gasteiger partial charge in [-0.15, -0.1) is 0 Å². The summed E-state index contributed by atoms with van der Waals surface area (Å²) in [5.74, 6) is -0.149. The Kier molecular flexibility index (Phi) is 5.93. The van der Waals surface area contributed by atoms with Gasteiger partial charge in [0, 0.05) is 36.6 Å². The molecule has 0 atom stereocenters. The van der Waals surface area contributed by atoms with E-state index in [1.165, 1.54) is 4.31 Å². The summed E-state index contributed by atoms with van der Waals surface area (Å²) < 4.78 is 29.0. The van der Waals surface area contributed by atoms with Crippen LogP contribution in [0, 0.1) is 13.8 Å². The maximum Gasteiger partial charge on any atom is 0.251 e. The van der Waals surface area contributed by atoms with Gasteiger partial charge in [-0.25, -0.2) is 13.1 Å². The number of nitrogens with one attached hydrogen (secondary N) is 1. The van der Waals surface area contributed by atoms with Crippen LogP contribution in [0.2, 0.25) is 0 Å². The van der Waals surface area contributed by atoms with Gasteiger partial charge in [0.1, 0.15) is 0 Å². The largest absolute Gasteiger partial charge is 0.349 e. The van der Waals surface area contributed by atoms with Crippen LogP contribution >= 0.6 is 0 Å². The predicted molar refractivity (Wildman–Crippen MR) is 119 cm³/mol.